The van der Waals surface area contributed by atoms with Gasteiger partial charge in [-0.1, -0.05) is 112 Å². The normalized spacial score (nSPS) is 14.6. The summed E-state index contributed by atoms with van der Waals surface area (Å²) in [5.41, 5.74) is 7.43. The molecule has 210 valence electrons. The third-order valence-electron chi connectivity index (χ3n) is 7.08. The molecule has 39 heavy (non-hydrogen) atoms. The summed E-state index contributed by atoms with van der Waals surface area (Å²) in [6.07, 6.45) is -0.996. The average Bonchev–Trinajstić information content (AvgIpc) is 2.92. The first kappa shape index (κ1) is 30.7. The van der Waals surface area contributed by atoms with Crippen LogP contribution in [0.25, 0.3) is 0 Å². The van der Waals surface area contributed by atoms with Gasteiger partial charge >= 0.3 is 5.97 Å². The number of carboxylic acid groups (broad SMARTS) is 1. The lowest BCUT2D eigenvalue weighted by Crippen LogP contribution is -2.67. The Morgan fingerprint density at radius 1 is 0.897 bits per heavy atom. The maximum absolute atomic E-state index is 12.0. The fraction of sp³-hybridized carbons (Fsp3) is 0.387. The van der Waals surface area contributed by atoms with E-state index < -0.39 is 32.5 Å². The van der Waals surface area contributed by atoms with Crippen molar-refractivity contribution in [3.05, 3.63) is 96.6 Å². The number of carbonyl (C=O) groups is 1. The number of carboxylic acids is 1. The van der Waals surface area contributed by atoms with Crippen molar-refractivity contribution in [3.8, 4) is 0 Å². The summed E-state index contributed by atoms with van der Waals surface area (Å²) in [4.78, 5) is 13.5. The second-order valence-corrected chi connectivity index (χ2v) is 15.3. The summed E-state index contributed by atoms with van der Waals surface area (Å²) in [7, 11) is -1.15. The zero-order valence-electron chi connectivity index (χ0n) is 23.4. The summed E-state index contributed by atoms with van der Waals surface area (Å²) >= 11 is 0. The van der Waals surface area contributed by atoms with Crippen molar-refractivity contribution in [2.24, 2.45) is 5.73 Å². The first-order chi connectivity index (χ1) is 18.6. The highest BCUT2D eigenvalue weighted by atomic mass is 28.4. The zero-order valence-corrected chi connectivity index (χ0v) is 24.4. The minimum Gasteiger partial charge on any atom is -0.480 e. The van der Waals surface area contributed by atoms with Gasteiger partial charge in [0, 0.05) is 6.54 Å². The third kappa shape index (κ3) is 7.85. The molecule has 0 aliphatic rings. The minimum atomic E-state index is -2.81. The molecule has 0 heterocycles. The Hall–Kier alpha value is -2.85. The number of nitrogens with zero attached hydrogens (tertiary/aromatic N) is 1. The Morgan fingerprint density at radius 3 is 1.85 bits per heavy atom. The summed E-state index contributed by atoms with van der Waals surface area (Å²) in [5, 5.41) is 22.8. The molecule has 4 N–H and O–H groups in total. The van der Waals surface area contributed by atoms with E-state index in [-0.39, 0.29) is 24.8 Å². The van der Waals surface area contributed by atoms with Crippen LogP contribution in [-0.2, 0) is 20.6 Å². The lowest BCUT2D eigenvalue weighted by molar-refractivity contribution is -0.146. The van der Waals surface area contributed by atoms with Gasteiger partial charge in [-0.25, -0.2) is 0 Å². The maximum Gasteiger partial charge on any atom is 0.323 e. The largest absolute Gasteiger partial charge is 0.480 e. The number of aliphatic carboxylic acids is 1. The molecule has 0 amide bonds. The lowest BCUT2D eigenvalue weighted by Gasteiger charge is -2.43. The molecule has 8 heteroatoms. The number of benzene rings is 3. The van der Waals surface area contributed by atoms with Crippen molar-refractivity contribution in [1.82, 2.24) is 4.90 Å². The van der Waals surface area contributed by atoms with Gasteiger partial charge in [0.1, 0.15) is 6.04 Å². The minimum absolute atomic E-state index is 0.0126. The predicted molar refractivity (Wildman–Crippen MR) is 158 cm³/mol. The summed E-state index contributed by atoms with van der Waals surface area (Å²) in [6, 6.07) is 28.4. The molecule has 0 fully saturated rings. The maximum atomic E-state index is 12.0. The number of ether oxygens (including phenoxy) is 1. The fourth-order valence-corrected chi connectivity index (χ4v) is 9.50. The van der Waals surface area contributed by atoms with E-state index in [0.29, 0.717) is 6.61 Å². The van der Waals surface area contributed by atoms with E-state index in [4.69, 9.17) is 14.9 Å². The molecule has 0 aliphatic carbocycles. The summed E-state index contributed by atoms with van der Waals surface area (Å²) in [6.45, 7) is 7.04. The van der Waals surface area contributed by atoms with Crippen molar-refractivity contribution >= 4 is 24.7 Å². The molecule has 0 aromatic heterocycles. The monoisotopic (exact) mass is 550 g/mol. The van der Waals surface area contributed by atoms with Crippen LogP contribution in [0.2, 0.25) is 5.04 Å². The first-order valence-electron chi connectivity index (χ1n) is 13.3. The molecule has 3 aromatic rings. The third-order valence-corrected chi connectivity index (χ3v) is 12.1. The molecule has 0 radical (unpaired) electrons. The second kappa shape index (κ2) is 14.0. The van der Waals surface area contributed by atoms with Crippen LogP contribution < -0.4 is 16.1 Å². The number of aliphatic hydroxyl groups is 1. The molecule has 0 unspecified atom stereocenters. The van der Waals surface area contributed by atoms with Crippen LogP contribution in [0.3, 0.4) is 0 Å². The van der Waals surface area contributed by atoms with Gasteiger partial charge < -0.3 is 25.1 Å². The van der Waals surface area contributed by atoms with E-state index >= 15 is 0 Å². The van der Waals surface area contributed by atoms with Crippen molar-refractivity contribution < 1.29 is 24.2 Å². The Balaban J connectivity index is 1.70. The molecule has 0 bridgehead atoms. The molecule has 7 nitrogen and oxygen atoms in total. The SMILES string of the molecule is CN(C[C@H](O)[C@H](N)CO[Si](c1ccccc1)(c1ccccc1)C(C)(C)C)[C@@H](COCc1ccccc1)C(=O)O. The van der Waals surface area contributed by atoms with Crippen LogP contribution in [0.15, 0.2) is 91.0 Å². The van der Waals surface area contributed by atoms with Gasteiger partial charge in [0.2, 0.25) is 0 Å². The highest BCUT2D eigenvalue weighted by molar-refractivity contribution is 6.99. The van der Waals surface area contributed by atoms with Gasteiger partial charge in [0.15, 0.2) is 0 Å². The molecule has 0 aliphatic heterocycles. The molecule has 0 saturated carbocycles. The number of hydrogen-bond acceptors (Lipinski definition) is 6. The molecular weight excluding hydrogens is 508 g/mol. The molecule has 3 atom stereocenters. The highest BCUT2D eigenvalue weighted by Crippen LogP contribution is 2.36. The Bertz CT molecular complexity index is 1100. The molecule has 3 rings (SSSR count). The van der Waals surface area contributed by atoms with Gasteiger partial charge in [0.25, 0.3) is 8.32 Å². The summed E-state index contributed by atoms with van der Waals surface area (Å²) in [5.74, 6) is -1.02. The lowest BCUT2D eigenvalue weighted by atomic mass is 10.1. The standard InChI is InChI=1S/C31H42N2O5Si/c1-31(2,3)39(25-16-10-6-11-17-25,26-18-12-7-13-19-26)38-22-27(32)29(34)20-33(4)28(30(35)36)23-37-21-24-14-8-5-9-15-24/h5-19,27-29,34H,20-23,32H2,1-4H3,(H,35,36)/t27-,28+,29+/m1/s1. The van der Waals surface area contributed by atoms with E-state index in [1.807, 2.05) is 66.7 Å². The van der Waals surface area contributed by atoms with Crippen LogP contribution >= 0.6 is 0 Å². The van der Waals surface area contributed by atoms with E-state index in [1.165, 1.54) is 0 Å². The Labute approximate surface area is 233 Å². The second-order valence-electron chi connectivity index (χ2n) is 11.0. The van der Waals surface area contributed by atoms with E-state index in [2.05, 4.69) is 45.0 Å². The molecular formula is C31H42N2O5Si. The van der Waals surface area contributed by atoms with Crippen LogP contribution in [0.4, 0.5) is 0 Å². The van der Waals surface area contributed by atoms with E-state index in [0.717, 1.165) is 15.9 Å². The van der Waals surface area contributed by atoms with Crippen LogP contribution in [-0.4, -0.2) is 74.4 Å². The summed E-state index contributed by atoms with van der Waals surface area (Å²) < 4.78 is 12.5. The van der Waals surface area contributed by atoms with Crippen molar-refractivity contribution in [2.45, 2.75) is 50.6 Å². The number of nitrogens with two attached hydrogens (primary N) is 1. The Kier molecular flexibility index (Phi) is 11.0. The van der Waals surface area contributed by atoms with Gasteiger partial charge in [-0.3, -0.25) is 9.69 Å². The van der Waals surface area contributed by atoms with Gasteiger partial charge in [-0.2, -0.15) is 0 Å². The van der Waals surface area contributed by atoms with Crippen molar-refractivity contribution in [1.29, 1.82) is 0 Å². The molecule has 3 aromatic carbocycles. The number of hydrogen-bond donors (Lipinski definition) is 3. The van der Waals surface area contributed by atoms with E-state index in [9.17, 15) is 15.0 Å². The highest BCUT2D eigenvalue weighted by Gasteiger charge is 2.50. The van der Waals surface area contributed by atoms with Gasteiger partial charge in [0.05, 0.1) is 32.0 Å². The molecule has 0 saturated heterocycles. The van der Waals surface area contributed by atoms with Crippen LogP contribution in [0.5, 0.6) is 0 Å². The van der Waals surface area contributed by atoms with Crippen LogP contribution in [0, 0.1) is 0 Å². The zero-order chi connectivity index (χ0) is 28.5. The number of likely N-dealkylation sites (N-methyl/N-ethyl adjacent to an activating group) is 1. The van der Waals surface area contributed by atoms with Crippen molar-refractivity contribution in [3.63, 3.8) is 0 Å². The predicted octanol–water partition coefficient (Wildman–Crippen LogP) is 2.85. The average molecular weight is 551 g/mol. The van der Waals surface area contributed by atoms with Crippen molar-refractivity contribution in [2.75, 3.05) is 26.8 Å². The Morgan fingerprint density at radius 2 is 1.38 bits per heavy atom. The fourth-order valence-electron chi connectivity index (χ4n) is 4.90. The quantitative estimate of drug-likeness (QED) is 0.265. The smallest absolute Gasteiger partial charge is 0.323 e. The topological polar surface area (TPSA) is 105 Å². The van der Waals surface area contributed by atoms with Crippen LogP contribution in [0.1, 0.15) is 26.3 Å². The van der Waals surface area contributed by atoms with E-state index in [1.54, 1.807) is 11.9 Å². The molecule has 0 spiro atoms. The number of rotatable bonds is 14. The first-order valence-corrected chi connectivity index (χ1v) is 15.2. The van der Waals surface area contributed by atoms with Gasteiger partial charge in [-0.15, -0.1) is 0 Å². The number of aliphatic hydroxyl groups excluding tert-OH is 1. The van der Waals surface area contributed by atoms with Gasteiger partial charge in [-0.05, 0) is 28.0 Å².